The Morgan fingerprint density at radius 3 is 2.75 bits per heavy atom. The van der Waals surface area contributed by atoms with Crippen LogP contribution in [0, 0.1) is 5.92 Å². The molecule has 1 heterocycles. The lowest BCUT2D eigenvalue weighted by atomic mass is 9.94. The van der Waals surface area contributed by atoms with E-state index >= 15 is 0 Å². The van der Waals surface area contributed by atoms with E-state index in [9.17, 15) is 4.79 Å². The Morgan fingerprint density at radius 1 is 1.21 bits per heavy atom. The zero-order valence-electron chi connectivity index (χ0n) is 14.1. The Labute approximate surface area is 147 Å². The highest BCUT2D eigenvalue weighted by Crippen LogP contribution is 2.37. The number of esters is 1. The van der Waals surface area contributed by atoms with Crippen LogP contribution in [-0.2, 0) is 14.3 Å². The van der Waals surface area contributed by atoms with E-state index in [-0.39, 0.29) is 36.1 Å². The van der Waals surface area contributed by atoms with Crippen LogP contribution in [0.5, 0.6) is 0 Å². The highest BCUT2D eigenvalue weighted by molar-refractivity contribution is 6.20. The molecule has 0 saturated carbocycles. The first-order valence-electron chi connectivity index (χ1n) is 8.48. The van der Waals surface area contributed by atoms with E-state index in [1.807, 2.05) is 32.0 Å². The lowest BCUT2D eigenvalue weighted by Crippen LogP contribution is -2.33. The third-order valence-corrected chi connectivity index (χ3v) is 4.75. The summed E-state index contributed by atoms with van der Waals surface area (Å²) in [5.74, 6) is -0.328. The lowest BCUT2D eigenvalue weighted by Gasteiger charge is -2.33. The summed E-state index contributed by atoms with van der Waals surface area (Å²) in [4.78, 5) is 11.7. The molecule has 0 aliphatic carbocycles. The van der Waals surface area contributed by atoms with Gasteiger partial charge in [-0.15, -0.1) is 11.6 Å². The van der Waals surface area contributed by atoms with Crippen LogP contribution in [-0.4, -0.2) is 24.1 Å². The summed E-state index contributed by atoms with van der Waals surface area (Å²) in [6.45, 7) is 3.92. The van der Waals surface area contributed by atoms with Crippen LogP contribution in [0.25, 0.3) is 10.8 Å². The Hall–Kier alpha value is -1.58. The highest BCUT2D eigenvalue weighted by Gasteiger charge is 2.31. The number of benzene rings is 2. The smallest absolute Gasteiger partial charge is 0.308 e. The minimum absolute atomic E-state index is 0.0190. The number of alkyl halides is 1. The molecule has 24 heavy (non-hydrogen) atoms. The van der Waals surface area contributed by atoms with Crippen LogP contribution in [0.4, 0.5) is 0 Å². The van der Waals surface area contributed by atoms with Gasteiger partial charge in [0.25, 0.3) is 0 Å². The van der Waals surface area contributed by atoms with E-state index in [1.165, 1.54) is 10.8 Å². The third kappa shape index (κ3) is 3.90. The van der Waals surface area contributed by atoms with Crippen molar-refractivity contribution in [3.8, 4) is 0 Å². The third-order valence-electron chi connectivity index (χ3n) is 4.40. The summed E-state index contributed by atoms with van der Waals surface area (Å²) < 4.78 is 11.6. The van der Waals surface area contributed by atoms with Gasteiger partial charge in [-0.25, -0.2) is 0 Å². The summed E-state index contributed by atoms with van der Waals surface area (Å²) in [5.41, 5.74) is 1.15. The molecular formula is C20H23ClO3. The van der Waals surface area contributed by atoms with Crippen molar-refractivity contribution in [2.24, 2.45) is 5.92 Å². The molecule has 0 bridgehead atoms. The predicted octanol–water partition coefficient (Wildman–Crippen LogP) is 4.87. The van der Waals surface area contributed by atoms with Gasteiger partial charge in [0, 0.05) is 5.38 Å². The largest absolute Gasteiger partial charge is 0.463 e. The maximum Gasteiger partial charge on any atom is 0.308 e. The minimum Gasteiger partial charge on any atom is -0.463 e. The van der Waals surface area contributed by atoms with Gasteiger partial charge in [0.1, 0.15) is 6.61 Å². The maximum atomic E-state index is 11.7. The standard InChI is InChI=1S/C20H23ClO3/c1-13(2)20(22)23-12-16-10-15(21)11-19(24-16)18-9-5-7-14-6-3-4-8-17(14)18/h3-9,13,15-16,19H,10-12H2,1-2H3/t15-,16-,19+/m1/s1. The Kier molecular flexibility index (Phi) is 5.42. The average molecular weight is 347 g/mol. The molecule has 4 heteroatoms. The van der Waals surface area contributed by atoms with Crippen molar-refractivity contribution in [1.29, 1.82) is 0 Å². The number of rotatable bonds is 4. The number of halogens is 1. The summed E-state index contributed by atoms with van der Waals surface area (Å²) in [6, 6.07) is 14.5. The first-order valence-corrected chi connectivity index (χ1v) is 8.92. The van der Waals surface area contributed by atoms with Crippen molar-refractivity contribution in [2.75, 3.05) is 6.61 Å². The second-order valence-electron chi connectivity index (χ2n) is 6.67. The topological polar surface area (TPSA) is 35.5 Å². The van der Waals surface area contributed by atoms with E-state index in [1.54, 1.807) is 0 Å². The second kappa shape index (κ2) is 7.54. The summed E-state index contributed by atoms with van der Waals surface area (Å²) in [5, 5.41) is 2.40. The highest BCUT2D eigenvalue weighted by atomic mass is 35.5. The number of ether oxygens (including phenoxy) is 2. The van der Waals surface area contributed by atoms with Gasteiger partial charge in [0.15, 0.2) is 0 Å². The predicted molar refractivity (Wildman–Crippen MR) is 96.2 cm³/mol. The molecule has 0 unspecified atom stereocenters. The van der Waals surface area contributed by atoms with Gasteiger partial charge in [-0.2, -0.15) is 0 Å². The summed E-state index contributed by atoms with van der Waals surface area (Å²) in [7, 11) is 0. The molecule has 0 radical (unpaired) electrons. The number of hydrogen-bond acceptors (Lipinski definition) is 3. The molecule has 2 aromatic carbocycles. The fourth-order valence-corrected chi connectivity index (χ4v) is 3.50. The first-order chi connectivity index (χ1) is 11.5. The molecular weight excluding hydrogens is 324 g/mol. The maximum absolute atomic E-state index is 11.7. The molecule has 128 valence electrons. The Morgan fingerprint density at radius 2 is 1.96 bits per heavy atom. The average Bonchev–Trinajstić information content (AvgIpc) is 2.58. The van der Waals surface area contributed by atoms with Crippen molar-refractivity contribution in [1.82, 2.24) is 0 Å². The van der Waals surface area contributed by atoms with Crippen LogP contribution >= 0.6 is 11.6 Å². The molecule has 0 aromatic heterocycles. The molecule has 3 nitrogen and oxygen atoms in total. The van der Waals surface area contributed by atoms with E-state index in [0.717, 1.165) is 12.0 Å². The number of hydrogen-bond donors (Lipinski definition) is 0. The molecule has 1 aliphatic heterocycles. The van der Waals surface area contributed by atoms with Crippen LogP contribution in [0.3, 0.4) is 0 Å². The van der Waals surface area contributed by atoms with E-state index in [0.29, 0.717) is 6.42 Å². The van der Waals surface area contributed by atoms with Crippen LogP contribution < -0.4 is 0 Å². The van der Waals surface area contributed by atoms with Crippen LogP contribution in [0.1, 0.15) is 38.4 Å². The van der Waals surface area contributed by atoms with Gasteiger partial charge in [0.2, 0.25) is 0 Å². The van der Waals surface area contributed by atoms with Crippen molar-refractivity contribution >= 4 is 28.3 Å². The molecule has 3 rings (SSSR count). The zero-order valence-corrected chi connectivity index (χ0v) is 14.8. The van der Waals surface area contributed by atoms with E-state index in [4.69, 9.17) is 21.1 Å². The minimum atomic E-state index is -0.197. The summed E-state index contributed by atoms with van der Waals surface area (Å²) in [6.07, 6.45) is 1.24. The number of carbonyl (C=O) groups is 1. The molecule has 0 N–H and O–H groups in total. The van der Waals surface area contributed by atoms with Crippen LogP contribution in [0.2, 0.25) is 0 Å². The van der Waals surface area contributed by atoms with Crippen molar-refractivity contribution in [3.05, 3.63) is 48.0 Å². The van der Waals surface area contributed by atoms with Crippen molar-refractivity contribution < 1.29 is 14.3 Å². The monoisotopic (exact) mass is 346 g/mol. The second-order valence-corrected chi connectivity index (χ2v) is 7.29. The van der Waals surface area contributed by atoms with Gasteiger partial charge in [-0.3, -0.25) is 4.79 Å². The SMILES string of the molecule is CC(C)C(=O)OC[C@H]1C[C@@H](Cl)C[C@@H](c2cccc3ccccc23)O1. The molecule has 1 aliphatic rings. The molecule has 0 amide bonds. The molecule has 1 fully saturated rings. The van der Waals surface area contributed by atoms with Gasteiger partial charge in [-0.05, 0) is 29.2 Å². The van der Waals surface area contributed by atoms with Gasteiger partial charge in [-0.1, -0.05) is 56.3 Å². The van der Waals surface area contributed by atoms with E-state index < -0.39 is 0 Å². The number of carbonyl (C=O) groups excluding carboxylic acids is 1. The zero-order chi connectivity index (χ0) is 17.1. The summed E-state index contributed by atoms with van der Waals surface area (Å²) >= 11 is 6.46. The quantitative estimate of drug-likeness (QED) is 0.585. The fourth-order valence-electron chi connectivity index (χ4n) is 3.14. The van der Waals surface area contributed by atoms with Crippen molar-refractivity contribution in [2.45, 2.75) is 44.3 Å². The van der Waals surface area contributed by atoms with E-state index in [2.05, 4.69) is 24.3 Å². The Balaban J connectivity index is 1.76. The first kappa shape index (κ1) is 17.2. The van der Waals surface area contributed by atoms with Crippen LogP contribution in [0.15, 0.2) is 42.5 Å². The normalized spacial score (nSPS) is 24.2. The van der Waals surface area contributed by atoms with Crippen molar-refractivity contribution in [3.63, 3.8) is 0 Å². The molecule has 0 spiro atoms. The lowest BCUT2D eigenvalue weighted by molar-refractivity contribution is -0.155. The molecule has 3 atom stereocenters. The van der Waals surface area contributed by atoms with Gasteiger partial charge in [0.05, 0.1) is 18.1 Å². The van der Waals surface area contributed by atoms with Gasteiger partial charge >= 0.3 is 5.97 Å². The molecule has 1 saturated heterocycles. The number of fused-ring (bicyclic) bond motifs is 1. The Bertz CT molecular complexity index is 708. The molecule has 2 aromatic rings. The fraction of sp³-hybridized carbons (Fsp3) is 0.450. The van der Waals surface area contributed by atoms with Gasteiger partial charge < -0.3 is 9.47 Å².